The molecule has 0 unspecified atom stereocenters. The maximum Gasteiger partial charge on any atom is 0.263 e. The Labute approximate surface area is 147 Å². The summed E-state index contributed by atoms with van der Waals surface area (Å²) in [6.45, 7) is 5.95. The highest BCUT2D eigenvalue weighted by molar-refractivity contribution is 7.14. The van der Waals surface area contributed by atoms with Gasteiger partial charge in [-0.3, -0.25) is 9.59 Å². The molecule has 1 aromatic rings. The quantitative estimate of drug-likeness (QED) is 0.870. The number of halogens is 1. The van der Waals surface area contributed by atoms with Crippen molar-refractivity contribution in [2.24, 2.45) is 5.41 Å². The van der Waals surface area contributed by atoms with Gasteiger partial charge < -0.3 is 15.5 Å². The van der Waals surface area contributed by atoms with Gasteiger partial charge in [0.1, 0.15) is 0 Å². The summed E-state index contributed by atoms with van der Waals surface area (Å²) in [6.07, 6.45) is 3.46. The Bertz CT molecular complexity index is 559. The average molecular weight is 358 g/mol. The van der Waals surface area contributed by atoms with Crippen LogP contribution in [0.4, 0.5) is 0 Å². The van der Waals surface area contributed by atoms with Crippen LogP contribution >= 0.6 is 23.7 Å². The number of amides is 2. The first kappa shape index (κ1) is 18.2. The SMILES string of the molecule is CC(=O)NCc1ccc(C(=O)N2CCC3(CCNC3)CC2)s1.Cl. The fraction of sp³-hybridized carbons (Fsp3) is 0.625. The summed E-state index contributed by atoms with van der Waals surface area (Å²) < 4.78 is 0. The standard InChI is InChI=1S/C16H23N3O2S.ClH/c1-12(20)18-10-13-2-3-14(22-13)15(21)19-8-5-16(6-9-19)4-7-17-11-16;/h2-3,17H,4-11H2,1H3,(H,18,20);1H. The molecule has 0 atom stereocenters. The van der Waals surface area contributed by atoms with Crippen molar-refractivity contribution in [3.63, 3.8) is 0 Å². The van der Waals surface area contributed by atoms with E-state index in [1.54, 1.807) is 0 Å². The fourth-order valence-corrected chi connectivity index (χ4v) is 4.28. The van der Waals surface area contributed by atoms with E-state index in [1.807, 2.05) is 17.0 Å². The Morgan fingerprint density at radius 1 is 1.30 bits per heavy atom. The number of nitrogens with one attached hydrogen (secondary N) is 2. The van der Waals surface area contributed by atoms with Crippen molar-refractivity contribution in [3.05, 3.63) is 21.9 Å². The van der Waals surface area contributed by atoms with E-state index >= 15 is 0 Å². The zero-order chi connectivity index (χ0) is 15.6. The van der Waals surface area contributed by atoms with Crippen LogP contribution in [0.3, 0.4) is 0 Å². The molecule has 0 aromatic carbocycles. The van der Waals surface area contributed by atoms with Crippen molar-refractivity contribution in [1.82, 2.24) is 15.5 Å². The molecule has 2 N–H and O–H groups in total. The third-order valence-electron chi connectivity index (χ3n) is 4.83. The van der Waals surface area contributed by atoms with Crippen LogP contribution in [-0.2, 0) is 11.3 Å². The second-order valence-corrected chi connectivity index (χ2v) is 7.56. The van der Waals surface area contributed by atoms with E-state index in [9.17, 15) is 9.59 Å². The molecule has 0 bridgehead atoms. The van der Waals surface area contributed by atoms with Crippen LogP contribution in [0.15, 0.2) is 12.1 Å². The molecule has 2 aliphatic heterocycles. The lowest BCUT2D eigenvalue weighted by atomic mass is 9.78. The molecule has 0 aliphatic carbocycles. The molecule has 5 nitrogen and oxygen atoms in total. The predicted molar refractivity (Wildman–Crippen MR) is 94.1 cm³/mol. The largest absolute Gasteiger partial charge is 0.351 e. The number of hydrogen-bond donors (Lipinski definition) is 2. The van der Waals surface area contributed by atoms with Crippen LogP contribution in [0, 0.1) is 5.41 Å². The van der Waals surface area contributed by atoms with Crippen molar-refractivity contribution >= 4 is 35.6 Å². The van der Waals surface area contributed by atoms with Crippen LogP contribution in [0.1, 0.15) is 40.7 Å². The Kier molecular flexibility index (Phi) is 6.06. The molecule has 3 rings (SSSR count). The third kappa shape index (κ3) is 4.25. The summed E-state index contributed by atoms with van der Waals surface area (Å²) >= 11 is 1.48. The predicted octanol–water partition coefficient (Wildman–Crippen LogP) is 2.02. The Morgan fingerprint density at radius 2 is 2.04 bits per heavy atom. The molecule has 2 saturated heterocycles. The van der Waals surface area contributed by atoms with Crippen molar-refractivity contribution in [2.45, 2.75) is 32.7 Å². The van der Waals surface area contributed by atoms with Crippen LogP contribution in [-0.4, -0.2) is 42.9 Å². The number of likely N-dealkylation sites (tertiary alicyclic amines) is 1. The highest BCUT2D eigenvalue weighted by Crippen LogP contribution is 2.37. The van der Waals surface area contributed by atoms with E-state index in [0.717, 1.165) is 48.8 Å². The lowest BCUT2D eigenvalue weighted by molar-refractivity contribution is -0.119. The van der Waals surface area contributed by atoms with Crippen LogP contribution in [0.25, 0.3) is 0 Å². The molecule has 23 heavy (non-hydrogen) atoms. The van der Waals surface area contributed by atoms with E-state index in [-0.39, 0.29) is 24.2 Å². The minimum Gasteiger partial charge on any atom is -0.351 e. The van der Waals surface area contributed by atoms with Gasteiger partial charge in [-0.25, -0.2) is 0 Å². The number of rotatable bonds is 3. The van der Waals surface area contributed by atoms with Gasteiger partial charge in [0, 0.05) is 31.4 Å². The lowest BCUT2D eigenvalue weighted by Crippen LogP contribution is -2.43. The fourth-order valence-electron chi connectivity index (χ4n) is 3.36. The summed E-state index contributed by atoms with van der Waals surface area (Å²) in [7, 11) is 0. The summed E-state index contributed by atoms with van der Waals surface area (Å²) in [5.41, 5.74) is 0.433. The van der Waals surface area contributed by atoms with Gasteiger partial charge in [0.25, 0.3) is 5.91 Å². The first-order valence-corrected chi connectivity index (χ1v) is 8.73. The molecule has 128 valence electrons. The van der Waals surface area contributed by atoms with Gasteiger partial charge in [-0.1, -0.05) is 0 Å². The molecule has 1 aromatic heterocycles. The minimum absolute atomic E-state index is 0. The summed E-state index contributed by atoms with van der Waals surface area (Å²) in [4.78, 5) is 27.3. The van der Waals surface area contributed by atoms with Gasteiger partial charge in [0.15, 0.2) is 0 Å². The Hall–Kier alpha value is -1.11. The normalized spacial score (nSPS) is 19.4. The molecular formula is C16H24ClN3O2S. The van der Waals surface area contributed by atoms with Gasteiger partial charge in [0.2, 0.25) is 5.91 Å². The average Bonchev–Trinajstić information content (AvgIpc) is 3.15. The van der Waals surface area contributed by atoms with Crippen molar-refractivity contribution in [1.29, 1.82) is 0 Å². The van der Waals surface area contributed by atoms with Gasteiger partial charge in [0.05, 0.1) is 11.4 Å². The molecule has 1 spiro atoms. The highest BCUT2D eigenvalue weighted by atomic mass is 35.5. The van der Waals surface area contributed by atoms with Crippen LogP contribution in [0.5, 0.6) is 0 Å². The van der Waals surface area contributed by atoms with Crippen LogP contribution in [0.2, 0.25) is 0 Å². The first-order chi connectivity index (χ1) is 10.6. The van der Waals surface area contributed by atoms with Gasteiger partial charge in [-0.15, -0.1) is 23.7 Å². The smallest absolute Gasteiger partial charge is 0.263 e. The second kappa shape index (κ2) is 7.64. The van der Waals surface area contributed by atoms with Crippen LogP contribution < -0.4 is 10.6 Å². The third-order valence-corrected chi connectivity index (χ3v) is 5.90. The molecule has 2 amide bonds. The van der Waals surface area contributed by atoms with Crippen molar-refractivity contribution in [2.75, 3.05) is 26.2 Å². The molecule has 3 heterocycles. The monoisotopic (exact) mass is 357 g/mol. The zero-order valence-corrected chi connectivity index (χ0v) is 15.0. The second-order valence-electron chi connectivity index (χ2n) is 6.39. The molecule has 0 radical (unpaired) electrons. The number of nitrogens with zero attached hydrogens (tertiary/aromatic N) is 1. The minimum atomic E-state index is -0.0484. The van der Waals surface area contributed by atoms with E-state index in [0.29, 0.717) is 12.0 Å². The number of thiophene rings is 1. The summed E-state index contributed by atoms with van der Waals surface area (Å²) in [5.74, 6) is 0.0904. The van der Waals surface area contributed by atoms with E-state index < -0.39 is 0 Å². The Balaban J connectivity index is 0.00000192. The highest BCUT2D eigenvalue weighted by Gasteiger charge is 2.38. The zero-order valence-electron chi connectivity index (χ0n) is 13.4. The van der Waals surface area contributed by atoms with E-state index in [1.165, 1.54) is 24.7 Å². The molecular weight excluding hydrogens is 334 g/mol. The van der Waals surface area contributed by atoms with E-state index in [2.05, 4.69) is 10.6 Å². The number of hydrogen-bond acceptors (Lipinski definition) is 4. The van der Waals surface area contributed by atoms with Gasteiger partial charge in [-0.05, 0) is 43.4 Å². The van der Waals surface area contributed by atoms with Crippen molar-refractivity contribution < 1.29 is 9.59 Å². The molecule has 0 saturated carbocycles. The molecule has 7 heteroatoms. The van der Waals surface area contributed by atoms with Gasteiger partial charge >= 0.3 is 0 Å². The lowest BCUT2D eigenvalue weighted by Gasteiger charge is -2.38. The number of carbonyl (C=O) groups excluding carboxylic acids is 2. The maximum atomic E-state index is 12.6. The summed E-state index contributed by atoms with van der Waals surface area (Å²) in [5, 5.41) is 6.22. The van der Waals surface area contributed by atoms with Gasteiger partial charge in [-0.2, -0.15) is 0 Å². The Morgan fingerprint density at radius 3 is 2.65 bits per heavy atom. The first-order valence-electron chi connectivity index (χ1n) is 7.91. The summed E-state index contributed by atoms with van der Waals surface area (Å²) in [6, 6.07) is 3.81. The topological polar surface area (TPSA) is 61.4 Å². The maximum absolute atomic E-state index is 12.6. The van der Waals surface area contributed by atoms with E-state index in [4.69, 9.17) is 0 Å². The number of piperidine rings is 1. The van der Waals surface area contributed by atoms with Crippen molar-refractivity contribution in [3.8, 4) is 0 Å². The number of carbonyl (C=O) groups is 2. The molecule has 2 aliphatic rings. The molecule has 2 fully saturated rings.